The largest absolute Gasteiger partial charge is 0.492 e. The zero-order valence-corrected chi connectivity index (χ0v) is 14.0. The van der Waals surface area contributed by atoms with Crippen molar-refractivity contribution < 1.29 is 9.47 Å². The number of pyridine rings is 1. The molecule has 0 radical (unpaired) electrons. The highest BCUT2D eigenvalue weighted by Crippen LogP contribution is 2.27. The molecule has 4 nitrogen and oxygen atoms in total. The quantitative estimate of drug-likeness (QED) is 0.663. The van der Waals surface area contributed by atoms with Gasteiger partial charge < -0.3 is 9.47 Å². The van der Waals surface area contributed by atoms with Gasteiger partial charge in [-0.15, -0.1) is 0 Å². The molecule has 0 aliphatic carbocycles. The van der Waals surface area contributed by atoms with Crippen LogP contribution in [0.3, 0.4) is 0 Å². The lowest BCUT2D eigenvalue weighted by atomic mass is 10.1. The highest BCUT2D eigenvalue weighted by atomic mass is 16.5. The number of nitrogens with zero attached hydrogens (tertiary/aromatic N) is 2. The summed E-state index contributed by atoms with van der Waals surface area (Å²) in [5, 5.41) is 9.14. The van der Waals surface area contributed by atoms with E-state index in [0.717, 1.165) is 16.7 Å². The van der Waals surface area contributed by atoms with Crippen molar-refractivity contribution >= 4 is 0 Å². The van der Waals surface area contributed by atoms with Gasteiger partial charge in [-0.1, -0.05) is 36.4 Å². The van der Waals surface area contributed by atoms with Gasteiger partial charge in [0.15, 0.2) is 0 Å². The van der Waals surface area contributed by atoms with E-state index in [-0.39, 0.29) is 0 Å². The first-order valence-electron chi connectivity index (χ1n) is 8.10. The van der Waals surface area contributed by atoms with E-state index in [9.17, 15) is 0 Å². The molecule has 124 valence electrons. The highest BCUT2D eigenvalue weighted by Gasteiger charge is 2.07. The summed E-state index contributed by atoms with van der Waals surface area (Å²) in [5.74, 6) is 1.16. The summed E-state index contributed by atoms with van der Waals surface area (Å²) in [6.45, 7) is 2.90. The molecule has 0 bridgehead atoms. The second kappa shape index (κ2) is 7.98. The van der Waals surface area contributed by atoms with Crippen molar-refractivity contribution in [1.82, 2.24) is 4.98 Å². The Morgan fingerprint density at radius 1 is 0.960 bits per heavy atom. The Hall–Kier alpha value is -3.32. The van der Waals surface area contributed by atoms with Crippen molar-refractivity contribution in [2.45, 2.75) is 13.5 Å². The van der Waals surface area contributed by atoms with Crippen LogP contribution in [0.4, 0.5) is 0 Å². The Morgan fingerprint density at radius 3 is 2.44 bits per heavy atom. The Kier molecular flexibility index (Phi) is 5.28. The summed E-state index contributed by atoms with van der Waals surface area (Å²) in [7, 11) is 0. The summed E-state index contributed by atoms with van der Waals surface area (Å²) in [6.07, 6.45) is 1.76. The third-order valence-corrected chi connectivity index (χ3v) is 3.70. The Balaban J connectivity index is 1.74. The molecule has 0 saturated carbocycles. The molecule has 25 heavy (non-hydrogen) atoms. The fraction of sp³-hybridized carbons (Fsp3) is 0.143. The van der Waals surface area contributed by atoms with Crippen LogP contribution in [0.2, 0.25) is 0 Å². The maximum absolute atomic E-state index is 9.14. The lowest BCUT2D eigenvalue weighted by molar-refractivity contribution is 0.294. The summed E-state index contributed by atoms with van der Waals surface area (Å²) < 4.78 is 11.2. The third kappa shape index (κ3) is 4.15. The van der Waals surface area contributed by atoms with Crippen LogP contribution in [-0.4, -0.2) is 11.6 Å². The van der Waals surface area contributed by atoms with Gasteiger partial charge in [0, 0.05) is 17.8 Å². The predicted octanol–water partition coefficient (Wildman–Crippen LogP) is 4.60. The van der Waals surface area contributed by atoms with Gasteiger partial charge >= 0.3 is 0 Å². The molecule has 0 N–H and O–H groups in total. The van der Waals surface area contributed by atoms with Crippen LogP contribution in [-0.2, 0) is 6.61 Å². The van der Waals surface area contributed by atoms with Gasteiger partial charge in [0.25, 0.3) is 0 Å². The molecule has 4 heteroatoms. The van der Waals surface area contributed by atoms with Crippen LogP contribution < -0.4 is 9.47 Å². The fourth-order valence-electron chi connectivity index (χ4n) is 2.44. The molecule has 0 spiro atoms. The first-order chi connectivity index (χ1) is 12.3. The van der Waals surface area contributed by atoms with Gasteiger partial charge in [0.1, 0.15) is 18.4 Å². The lowest BCUT2D eigenvalue weighted by Crippen LogP contribution is -1.97. The number of nitriles is 1. The summed E-state index contributed by atoms with van der Waals surface area (Å²) >= 11 is 0. The Morgan fingerprint density at radius 2 is 1.76 bits per heavy atom. The van der Waals surface area contributed by atoms with Crippen LogP contribution in [0, 0.1) is 11.3 Å². The van der Waals surface area contributed by atoms with Crippen LogP contribution in [0.15, 0.2) is 66.9 Å². The van der Waals surface area contributed by atoms with Crippen molar-refractivity contribution in [2.24, 2.45) is 0 Å². The first kappa shape index (κ1) is 16.5. The van der Waals surface area contributed by atoms with Crippen molar-refractivity contribution in [2.75, 3.05) is 6.61 Å². The van der Waals surface area contributed by atoms with E-state index in [1.54, 1.807) is 12.3 Å². The normalized spacial score (nSPS) is 10.1. The smallest absolute Gasteiger partial charge is 0.213 e. The minimum Gasteiger partial charge on any atom is -0.492 e. The molecule has 0 fully saturated rings. The van der Waals surface area contributed by atoms with Crippen molar-refractivity contribution in [3.63, 3.8) is 0 Å². The van der Waals surface area contributed by atoms with Gasteiger partial charge in [-0.2, -0.15) is 5.26 Å². The van der Waals surface area contributed by atoms with E-state index in [0.29, 0.717) is 30.4 Å². The van der Waals surface area contributed by atoms with Gasteiger partial charge in [0.2, 0.25) is 5.88 Å². The molecule has 0 aliphatic heterocycles. The molecule has 0 aliphatic rings. The van der Waals surface area contributed by atoms with Crippen LogP contribution in [0.1, 0.15) is 18.1 Å². The van der Waals surface area contributed by atoms with Crippen LogP contribution in [0.25, 0.3) is 11.1 Å². The van der Waals surface area contributed by atoms with Gasteiger partial charge in [-0.05, 0) is 36.2 Å². The summed E-state index contributed by atoms with van der Waals surface area (Å²) in [4.78, 5) is 4.36. The molecule has 0 amide bonds. The van der Waals surface area contributed by atoms with Crippen LogP contribution in [0.5, 0.6) is 11.6 Å². The van der Waals surface area contributed by atoms with E-state index in [4.69, 9.17) is 14.7 Å². The molecule has 1 aromatic heterocycles. The molecule has 1 heterocycles. The average Bonchev–Trinajstić information content (AvgIpc) is 2.68. The zero-order valence-electron chi connectivity index (χ0n) is 14.0. The van der Waals surface area contributed by atoms with Crippen molar-refractivity contribution in [3.05, 3.63) is 78.0 Å². The number of benzene rings is 2. The second-order valence-corrected chi connectivity index (χ2v) is 5.42. The summed E-state index contributed by atoms with van der Waals surface area (Å²) in [5.41, 5.74) is 3.52. The van der Waals surface area contributed by atoms with Gasteiger partial charge in [-0.25, -0.2) is 4.98 Å². The minimum absolute atomic E-state index is 0.485. The lowest BCUT2D eigenvalue weighted by Gasteiger charge is -2.09. The average molecular weight is 330 g/mol. The number of hydrogen-bond acceptors (Lipinski definition) is 4. The van der Waals surface area contributed by atoms with Crippen molar-refractivity contribution in [1.29, 1.82) is 5.26 Å². The number of rotatable bonds is 6. The molecule has 0 unspecified atom stereocenters. The molecule has 0 saturated heterocycles. The maximum Gasteiger partial charge on any atom is 0.213 e. The first-order valence-corrected chi connectivity index (χ1v) is 8.10. The Bertz CT molecular complexity index is 869. The maximum atomic E-state index is 9.14. The minimum atomic E-state index is 0.485. The van der Waals surface area contributed by atoms with E-state index in [1.165, 1.54) is 0 Å². The molecule has 3 rings (SSSR count). The zero-order chi connectivity index (χ0) is 17.5. The summed E-state index contributed by atoms with van der Waals surface area (Å²) in [6, 6.07) is 21.4. The monoisotopic (exact) mass is 330 g/mol. The topological polar surface area (TPSA) is 55.1 Å². The standard InChI is InChI=1S/C21H18N2O2/c1-2-24-20-12-17(8-9-18(20)13-22)19-10-11-21(23-14-19)25-15-16-6-4-3-5-7-16/h3-12,14H,2,15H2,1H3. The molecule has 2 aromatic carbocycles. The number of aromatic nitrogens is 1. The van der Waals surface area contributed by atoms with E-state index >= 15 is 0 Å². The number of ether oxygens (including phenoxy) is 2. The molecular weight excluding hydrogens is 312 g/mol. The van der Waals surface area contributed by atoms with Gasteiger partial charge in [-0.3, -0.25) is 0 Å². The SMILES string of the molecule is CCOc1cc(-c2ccc(OCc3ccccc3)nc2)ccc1C#N. The number of hydrogen-bond donors (Lipinski definition) is 0. The third-order valence-electron chi connectivity index (χ3n) is 3.70. The molecule has 3 aromatic rings. The Labute approximate surface area is 147 Å². The molecular formula is C21H18N2O2. The van der Waals surface area contributed by atoms with E-state index in [1.807, 2.05) is 61.5 Å². The van der Waals surface area contributed by atoms with Crippen LogP contribution >= 0.6 is 0 Å². The highest BCUT2D eigenvalue weighted by molar-refractivity contribution is 5.66. The van der Waals surface area contributed by atoms with E-state index in [2.05, 4.69) is 11.1 Å². The van der Waals surface area contributed by atoms with E-state index < -0.39 is 0 Å². The molecule has 0 atom stereocenters. The predicted molar refractivity (Wildman–Crippen MR) is 96.3 cm³/mol. The van der Waals surface area contributed by atoms with Crippen molar-refractivity contribution in [3.8, 4) is 28.8 Å². The fourth-order valence-corrected chi connectivity index (χ4v) is 2.44. The van der Waals surface area contributed by atoms with Gasteiger partial charge in [0.05, 0.1) is 12.2 Å². The second-order valence-electron chi connectivity index (χ2n) is 5.42.